The maximum Gasteiger partial charge on any atom is 0.316 e. The lowest BCUT2D eigenvalue weighted by Gasteiger charge is -2.20. The van der Waals surface area contributed by atoms with Gasteiger partial charge in [0.1, 0.15) is 17.3 Å². The lowest BCUT2D eigenvalue weighted by molar-refractivity contribution is -0.145. The Labute approximate surface area is 175 Å². The number of nitriles is 1. The summed E-state index contributed by atoms with van der Waals surface area (Å²) >= 11 is 0. The molecule has 0 spiro atoms. The largest absolute Gasteiger partial charge is 0.422 e. The van der Waals surface area contributed by atoms with Gasteiger partial charge in [0.15, 0.2) is 5.76 Å². The Balaban J connectivity index is 2.70. The zero-order valence-corrected chi connectivity index (χ0v) is 19.8. The Bertz CT molecular complexity index is 966. The number of allylic oxidation sites excluding steroid dienone is 1. The molecule has 0 saturated heterocycles. The number of aromatic nitrogens is 2. The van der Waals surface area contributed by atoms with E-state index in [0.29, 0.717) is 17.8 Å². The van der Waals surface area contributed by atoms with Crippen molar-refractivity contribution in [3.63, 3.8) is 0 Å². The lowest BCUT2D eigenvalue weighted by atomic mass is 9.97. The molecule has 1 heterocycles. The molecular weight excluding hydrogens is 378 g/mol. The molecule has 1 aromatic heterocycles. The van der Waals surface area contributed by atoms with Gasteiger partial charge in [-0.05, 0) is 46.2 Å². The number of rotatable bonds is 5. The number of hydrogen-bond donors (Lipinski definition) is 0. The minimum Gasteiger partial charge on any atom is -0.422 e. The van der Waals surface area contributed by atoms with Crippen LogP contribution in [0.3, 0.4) is 0 Å². The van der Waals surface area contributed by atoms with E-state index in [0.717, 1.165) is 11.3 Å². The Morgan fingerprint density at radius 1 is 1.21 bits per heavy atom. The van der Waals surface area contributed by atoms with Crippen LogP contribution >= 0.6 is 0 Å². The molecule has 5 nitrogen and oxygen atoms in total. The minimum absolute atomic E-state index is 0.260. The van der Waals surface area contributed by atoms with Gasteiger partial charge in [-0.1, -0.05) is 49.1 Å². The average molecular weight is 410 g/mol. The van der Waals surface area contributed by atoms with Crippen molar-refractivity contribution in [1.29, 1.82) is 5.26 Å². The first-order valence-electron chi connectivity index (χ1n) is 9.91. The second-order valence-electron chi connectivity index (χ2n) is 9.27. The van der Waals surface area contributed by atoms with Crippen molar-refractivity contribution >= 4 is 30.6 Å². The highest BCUT2D eigenvalue weighted by Gasteiger charge is 2.28. The van der Waals surface area contributed by atoms with Gasteiger partial charge in [-0.2, -0.15) is 10.4 Å². The van der Waals surface area contributed by atoms with Crippen LogP contribution in [-0.2, 0) is 16.1 Å². The van der Waals surface area contributed by atoms with Crippen molar-refractivity contribution in [2.75, 3.05) is 0 Å². The molecule has 0 N–H and O–H groups in total. The SMILES string of the molecule is CCn1nc(C)cc1/C(OC(=O)C(C)(C)C)=C(/C#N)c1ccc([Si](C)(C)C)cc1. The van der Waals surface area contributed by atoms with Crippen LogP contribution in [0.5, 0.6) is 0 Å². The molecule has 0 amide bonds. The van der Waals surface area contributed by atoms with E-state index in [9.17, 15) is 10.1 Å². The van der Waals surface area contributed by atoms with Gasteiger partial charge >= 0.3 is 5.97 Å². The Morgan fingerprint density at radius 3 is 2.24 bits per heavy atom. The molecule has 0 radical (unpaired) electrons. The molecule has 0 saturated carbocycles. The topological polar surface area (TPSA) is 67.9 Å². The van der Waals surface area contributed by atoms with Gasteiger partial charge in [0, 0.05) is 6.54 Å². The third-order valence-corrected chi connectivity index (χ3v) is 6.69. The maximum absolute atomic E-state index is 12.7. The van der Waals surface area contributed by atoms with Crippen LogP contribution in [0.1, 0.15) is 44.6 Å². The Morgan fingerprint density at radius 2 is 1.79 bits per heavy atom. The number of nitrogens with zero attached hydrogens (tertiary/aromatic N) is 3. The first-order chi connectivity index (χ1) is 13.4. The molecule has 0 fully saturated rings. The summed E-state index contributed by atoms with van der Waals surface area (Å²) < 4.78 is 7.59. The van der Waals surface area contributed by atoms with E-state index in [2.05, 4.69) is 42.9 Å². The number of carbonyl (C=O) groups excluding carboxylic acids is 1. The Hall–Kier alpha value is -2.65. The number of carbonyl (C=O) groups is 1. The van der Waals surface area contributed by atoms with Crippen LogP contribution in [0, 0.1) is 23.7 Å². The number of aryl methyl sites for hydroxylation is 2. The third kappa shape index (κ3) is 5.24. The first kappa shape index (κ1) is 22.6. The maximum atomic E-state index is 12.7. The van der Waals surface area contributed by atoms with Crippen molar-refractivity contribution in [2.24, 2.45) is 5.41 Å². The zero-order valence-electron chi connectivity index (χ0n) is 18.8. The minimum atomic E-state index is -1.45. The van der Waals surface area contributed by atoms with E-state index >= 15 is 0 Å². The highest BCUT2D eigenvalue weighted by atomic mass is 28.3. The normalized spacial score (nSPS) is 12.9. The summed E-state index contributed by atoms with van der Waals surface area (Å²) in [5, 5.41) is 15.8. The number of esters is 1. The second kappa shape index (κ2) is 8.38. The van der Waals surface area contributed by atoms with Crippen molar-refractivity contribution in [3.8, 4) is 6.07 Å². The summed E-state index contributed by atoms with van der Waals surface area (Å²) in [7, 11) is -1.45. The molecule has 0 aliphatic heterocycles. The quantitative estimate of drug-likeness (QED) is 0.310. The first-order valence-corrected chi connectivity index (χ1v) is 13.4. The lowest BCUT2D eigenvalue weighted by Crippen LogP contribution is -2.37. The van der Waals surface area contributed by atoms with Crippen LogP contribution in [0.2, 0.25) is 19.6 Å². The van der Waals surface area contributed by atoms with Gasteiger partial charge < -0.3 is 4.74 Å². The van der Waals surface area contributed by atoms with E-state index in [1.165, 1.54) is 5.19 Å². The van der Waals surface area contributed by atoms with Crippen molar-refractivity contribution < 1.29 is 9.53 Å². The molecule has 154 valence electrons. The molecule has 2 aromatic rings. The van der Waals surface area contributed by atoms with Crippen molar-refractivity contribution in [3.05, 3.63) is 47.3 Å². The van der Waals surface area contributed by atoms with Gasteiger partial charge in [-0.3, -0.25) is 9.48 Å². The van der Waals surface area contributed by atoms with Crippen LogP contribution < -0.4 is 5.19 Å². The van der Waals surface area contributed by atoms with Gasteiger partial charge in [0.2, 0.25) is 0 Å². The summed E-state index contributed by atoms with van der Waals surface area (Å²) in [5.41, 5.74) is 1.80. The van der Waals surface area contributed by atoms with E-state index in [1.807, 2.05) is 32.0 Å². The molecular formula is C23H31N3O2Si. The molecule has 29 heavy (non-hydrogen) atoms. The molecule has 2 rings (SSSR count). The standard InChI is InChI=1S/C23H31N3O2Si/c1-9-26-20(14-16(2)25-26)21(28-22(27)23(3,4)5)19(15-24)17-10-12-18(13-11-17)29(6,7)8/h10-14H,9H2,1-8H3/b21-19+. The summed E-state index contributed by atoms with van der Waals surface area (Å²) in [6, 6.07) is 12.1. The van der Waals surface area contributed by atoms with Crippen molar-refractivity contribution in [1.82, 2.24) is 9.78 Å². The van der Waals surface area contributed by atoms with Gasteiger partial charge in [0.05, 0.1) is 19.2 Å². The van der Waals surface area contributed by atoms with E-state index in [-0.39, 0.29) is 11.7 Å². The van der Waals surface area contributed by atoms with Crippen LogP contribution in [-0.4, -0.2) is 23.8 Å². The molecule has 0 unspecified atom stereocenters. The Kier molecular flexibility index (Phi) is 6.54. The monoisotopic (exact) mass is 409 g/mol. The molecule has 1 aromatic carbocycles. The average Bonchev–Trinajstić information content (AvgIpc) is 3.00. The molecule has 0 aliphatic carbocycles. The predicted octanol–water partition coefficient (Wildman–Crippen LogP) is 4.74. The van der Waals surface area contributed by atoms with E-state index in [1.54, 1.807) is 25.5 Å². The second-order valence-corrected chi connectivity index (χ2v) is 14.3. The van der Waals surface area contributed by atoms with Crippen molar-refractivity contribution in [2.45, 2.75) is 60.8 Å². The number of benzene rings is 1. The zero-order chi connectivity index (χ0) is 22.0. The summed E-state index contributed by atoms with van der Waals surface area (Å²) in [6.07, 6.45) is 0. The highest BCUT2D eigenvalue weighted by Crippen LogP contribution is 2.30. The fourth-order valence-electron chi connectivity index (χ4n) is 2.83. The van der Waals surface area contributed by atoms with Crippen LogP contribution in [0.4, 0.5) is 0 Å². The van der Waals surface area contributed by atoms with Gasteiger partial charge in [0.25, 0.3) is 0 Å². The smallest absolute Gasteiger partial charge is 0.316 e. The highest BCUT2D eigenvalue weighted by molar-refractivity contribution is 6.88. The fraction of sp³-hybridized carbons (Fsp3) is 0.435. The number of hydrogen-bond acceptors (Lipinski definition) is 4. The predicted molar refractivity (Wildman–Crippen MR) is 120 cm³/mol. The van der Waals surface area contributed by atoms with Gasteiger partial charge in [-0.25, -0.2) is 0 Å². The van der Waals surface area contributed by atoms with E-state index in [4.69, 9.17) is 4.74 Å². The van der Waals surface area contributed by atoms with Gasteiger partial charge in [-0.15, -0.1) is 0 Å². The summed E-state index contributed by atoms with van der Waals surface area (Å²) in [6.45, 7) is 16.7. The number of ether oxygens (including phenoxy) is 1. The van der Waals surface area contributed by atoms with E-state index < -0.39 is 13.5 Å². The molecule has 6 heteroatoms. The summed E-state index contributed by atoms with van der Waals surface area (Å²) in [5.74, 6) is -0.129. The molecule has 0 atom stereocenters. The van der Waals surface area contributed by atoms with Crippen LogP contribution in [0.15, 0.2) is 30.3 Å². The van der Waals surface area contributed by atoms with Crippen LogP contribution in [0.25, 0.3) is 11.3 Å². The molecule has 0 aliphatic rings. The summed E-state index contributed by atoms with van der Waals surface area (Å²) in [4.78, 5) is 12.7. The third-order valence-electron chi connectivity index (χ3n) is 4.62. The fourth-order valence-corrected chi connectivity index (χ4v) is 4.00. The molecule has 0 bridgehead atoms.